The van der Waals surface area contributed by atoms with Gasteiger partial charge >= 0.3 is 0 Å². The van der Waals surface area contributed by atoms with Crippen LogP contribution < -0.4 is 0 Å². The minimum absolute atomic E-state index is 0.363. The van der Waals surface area contributed by atoms with Crippen LogP contribution >= 0.6 is 0 Å². The van der Waals surface area contributed by atoms with E-state index in [4.69, 9.17) is 0 Å². The molecule has 3 aromatic rings. The number of aliphatic hydroxyl groups excluding tert-OH is 1. The molecule has 1 aromatic heterocycles. The first-order valence-electron chi connectivity index (χ1n) is 11.8. The van der Waals surface area contributed by atoms with Gasteiger partial charge in [-0.05, 0) is 81.9 Å². The van der Waals surface area contributed by atoms with E-state index in [0.29, 0.717) is 18.6 Å². The highest BCUT2D eigenvalue weighted by atomic mass is 16.3. The summed E-state index contributed by atoms with van der Waals surface area (Å²) in [7, 11) is 0. The van der Waals surface area contributed by atoms with Gasteiger partial charge < -0.3 is 9.67 Å². The SMILES string of the molecule is CCn1c2ccccc2c2cc(CN3CCC[C@@H](N4CCC(CO)CC4)C3)ccc21. The van der Waals surface area contributed by atoms with Gasteiger partial charge in [-0.2, -0.15) is 0 Å². The number of nitrogens with zero attached hydrogens (tertiary/aromatic N) is 3. The second kappa shape index (κ2) is 8.70. The van der Waals surface area contributed by atoms with E-state index >= 15 is 0 Å². The fourth-order valence-electron chi connectivity index (χ4n) is 5.77. The number of piperidine rings is 2. The number of aryl methyl sites for hydroxylation is 1. The van der Waals surface area contributed by atoms with Gasteiger partial charge in [-0.15, -0.1) is 0 Å². The van der Waals surface area contributed by atoms with Crippen LogP contribution in [0.25, 0.3) is 21.8 Å². The van der Waals surface area contributed by atoms with E-state index in [2.05, 4.69) is 63.8 Å². The van der Waals surface area contributed by atoms with Gasteiger partial charge in [-0.25, -0.2) is 0 Å². The minimum atomic E-state index is 0.363. The molecular formula is C26H35N3O. The molecule has 2 aliphatic heterocycles. The largest absolute Gasteiger partial charge is 0.396 e. The molecule has 1 atom stereocenters. The van der Waals surface area contributed by atoms with Crippen molar-refractivity contribution in [3.8, 4) is 0 Å². The van der Waals surface area contributed by atoms with Crippen LogP contribution in [0.5, 0.6) is 0 Å². The maximum atomic E-state index is 9.42. The van der Waals surface area contributed by atoms with Crippen molar-refractivity contribution in [3.05, 3.63) is 48.0 Å². The third-order valence-corrected chi connectivity index (χ3v) is 7.46. The summed E-state index contributed by atoms with van der Waals surface area (Å²) in [5, 5.41) is 12.2. The molecule has 0 unspecified atom stereocenters. The van der Waals surface area contributed by atoms with Gasteiger partial charge in [0.05, 0.1) is 0 Å². The molecule has 5 rings (SSSR count). The third-order valence-electron chi connectivity index (χ3n) is 7.46. The van der Waals surface area contributed by atoms with Gasteiger partial charge in [-0.3, -0.25) is 9.80 Å². The lowest BCUT2D eigenvalue weighted by atomic mass is 9.94. The Morgan fingerprint density at radius 3 is 2.53 bits per heavy atom. The predicted octanol–water partition coefficient (Wildman–Crippen LogP) is 4.48. The van der Waals surface area contributed by atoms with Gasteiger partial charge in [0, 0.05) is 54.1 Å². The predicted molar refractivity (Wildman–Crippen MR) is 125 cm³/mol. The lowest BCUT2D eigenvalue weighted by Gasteiger charge is -2.42. The molecule has 0 amide bonds. The summed E-state index contributed by atoms with van der Waals surface area (Å²) in [5.41, 5.74) is 4.13. The Kier molecular flexibility index (Phi) is 5.81. The van der Waals surface area contributed by atoms with Crippen LogP contribution in [-0.4, -0.2) is 58.3 Å². The Balaban J connectivity index is 1.32. The van der Waals surface area contributed by atoms with Crippen LogP contribution in [0, 0.1) is 5.92 Å². The molecule has 0 radical (unpaired) electrons. The quantitative estimate of drug-likeness (QED) is 0.679. The second-order valence-electron chi connectivity index (χ2n) is 9.31. The molecule has 2 saturated heterocycles. The van der Waals surface area contributed by atoms with Crippen molar-refractivity contribution in [2.45, 2.75) is 51.7 Å². The smallest absolute Gasteiger partial charge is 0.0491 e. The lowest BCUT2D eigenvalue weighted by Crippen LogP contribution is -2.50. The summed E-state index contributed by atoms with van der Waals surface area (Å²) in [6.45, 7) is 9.35. The van der Waals surface area contributed by atoms with E-state index in [1.165, 1.54) is 53.3 Å². The van der Waals surface area contributed by atoms with Crippen molar-refractivity contribution in [2.75, 3.05) is 32.8 Å². The van der Waals surface area contributed by atoms with Crippen molar-refractivity contribution < 1.29 is 5.11 Å². The molecule has 0 aliphatic carbocycles. The average molecular weight is 406 g/mol. The van der Waals surface area contributed by atoms with Crippen molar-refractivity contribution in [3.63, 3.8) is 0 Å². The fraction of sp³-hybridized carbons (Fsp3) is 0.538. The Morgan fingerprint density at radius 1 is 0.933 bits per heavy atom. The number of hydrogen-bond acceptors (Lipinski definition) is 3. The zero-order valence-corrected chi connectivity index (χ0v) is 18.3. The number of para-hydroxylation sites is 1. The lowest BCUT2D eigenvalue weighted by molar-refractivity contribution is 0.0544. The van der Waals surface area contributed by atoms with E-state index in [0.717, 1.165) is 39.0 Å². The van der Waals surface area contributed by atoms with Crippen LogP contribution in [-0.2, 0) is 13.1 Å². The normalized spacial score (nSPS) is 22.3. The molecule has 4 heteroatoms. The van der Waals surface area contributed by atoms with E-state index < -0.39 is 0 Å². The molecular weight excluding hydrogens is 370 g/mol. The van der Waals surface area contributed by atoms with Crippen molar-refractivity contribution in [2.24, 2.45) is 5.92 Å². The summed E-state index contributed by atoms with van der Waals surface area (Å²) in [5.74, 6) is 0.526. The summed E-state index contributed by atoms with van der Waals surface area (Å²) in [4.78, 5) is 5.35. The summed E-state index contributed by atoms with van der Waals surface area (Å²) < 4.78 is 2.43. The number of fused-ring (bicyclic) bond motifs is 3. The Bertz CT molecular complexity index is 1000. The van der Waals surface area contributed by atoms with Crippen molar-refractivity contribution >= 4 is 21.8 Å². The molecule has 0 bridgehead atoms. The van der Waals surface area contributed by atoms with Gasteiger partial charge in [0.1, 0.15) is 0 Å². The summed E-state index contributed by atoms with van der Waals surface area (Å²) in [6, 6.07) is 16.6. The molecule has 0 spiro atoms. The Hall–Kier alpha value is -1.88. The first-order chi connectivity index (χ1) is 14.8. The van der Waals surface area contributed by atoms with Gasteiger partial charge in [0.25, 0.3) is 0 Å². The Morgan fingerprint density at radius 2 is 1.73 bits per heavy atom. The van der Waals surface area contributed by atoms with E-state index in [9.17, 15) is 5.11 Å². The number of benzene rings is 2. The molecule has 2 aromatic carbocycles. The zero-order valence-electron chi connectivity index (χ0n) is 18.3. The molecule has 2 aliphatic rings. The van der Waals surface area contributed by atoms with E-state index in [-0.39, 0.29) is 0 Å². The zero-order chi connectivity index (χ0) is 20.5. The maximum absolute atomic E-state index is 9.42. The fourth-order valence-corrected chi connectivity index (χ4v) is 5.77. The van der Waals surface area contributed by atoms with Crippen LogP contribution in [0.4, 0.5) is 0 Å². The maximum Gasteiger partial charge on any atom is 0.0491 e. The topological polar surface area (TPSA) is 31.6 Å². The Labute approximate surface area is 180 Å². The van der Waals surface area contributed by atoms with Crippen molar-refractivity contribution in [1.82, 2.24) is 14.4 Å². The standard InChI is InChI=1S/C26H35N3O/c1-2-29-25-8-4-3-7-23(25)24-16-21(9-10-26(24)29)17-27-13-5-6-22(18-27)28-14-11-20(19-30)12-15-28/h3-4,7-10,16,20,22,30H,2,5-6,11-15,17-19H2,1H3/t22-/m1/s1. The first-order valence-corrected chi connectivity index (χ1v) is 11.8. The van der Waals surface area contributed by atoms with Crippen molar-refractivity contribution in [1.29, 1.82) is 0 Å². The first kappa shape index (κ1) is 20.0. The molecule has 2 fully saturated rings. The van der Waals surface area contributed by atoms with Crippen LogP contribution in [0.15, 0.2) is 42.5 Å². The van der Waals surface area contributed by atoms with Gasteiger partial charge in [0.15, 0.2) is 0 Å². The number of rotatable bonds is 5. The number of aromatic nitrogens is 1. The highest BCUT2D eigenvalue weighted by Gasteiger charge is 2.28. The highest BCUT2D eigenvalue weighted by molar-refractivity contribution is 6.08. The van der Waals surface area contributed by atoms with Gasteiger partial charge in [-0.1, -0.05) is 24.3 Å². The number of aliphatic hydroxyl groups is 1. The van der Waals surface area contributed by atoms with Gasteiger partial charge in [0.2, 0.25) is 0 Å². The molecule has 160 valence electrons. The summed E-state index contributed by atoms with van der Waals surface area (Å²) in [6.07, 6.45) is 4.93. The van der Waals surface area contributed by atoms with E-state index in [1.807, 2.05) is 0 Å². The molecule has 30 heavy (non-hydrogen) atoms. The van der Waals surface area contributed by atoms with Crippen LogP contribution in [0.1, 0.15) is 38.2 Å². The summed E-state index contributed by atoms with van der Waals surface area (Å²) >= 11 is 0. The average Bonchev–Trinajstić information content (AvgIpc) is 3.12. The highest BCUT2D eigenvalue weighted by Crippen LogP contribution is 2.30. The number of hydrogen-bond donors (Lipinski definition) is 1. The van der Waals surface area contributed by atoms with Crippen LogP contribution in [0.3, 0.4) is 0 Å². The molecule has 0 saturated carbocycles. The number of likely N-dealkylation sites (tertiary alicyclic amines) is 2. The monoisotopic (exact) mass is 405 g/mol. The molecule has 1 N–H and O–H groups in total. The molecule has 3 heterocycles. The third kappa shape index (κ3) is 3.77. The van der Waals surface area contributed by atoms with E-state index in [1.54, 1.807) is 0 Å². The minimum Gasteiger partial charge on any atom is -0.396 e. The molecule has 4 nitrogen and oxygen atoms in total. The van der Waals surface area contributed by atoms with Crippen LogP contribution in [0.2, 0.25) is 0 Å². The second-order valence-corrected chi connectivity index (χ2v) is 9.31.